The lowest BCUT2D eigenvalue weighted by Crippen LogP contribution is -2.49. The average molecular weight is 250 g/mol. The summed E-state index contributed by atoms with van der Waals surface area (Å²) >= 11 is 0. The highest BCUT2D eigenvalue weighted by molar-refractivity contribution is 7.87. The summed E-state index contributed by atoms with van der Waals surface area (Å²) in [4.78, 5) is 33.3. The lowest BCUT2D eigenvalue weighted by molar-refractivity contribution is -0.310. The van der Waals surface area contributed by atoms with Crippen LogP contribution in [0, 0.1) is 0 Å². The van der Waals surface area contributed by atoms with Crippen molar-refractivity contribution in [1.82, 2.24) is 4.90 Å². The number of hydrogen-bond donors (Lipinski definition) is 1. The zero-order valence-electron chi connectivity index (χ0n) is 8.11. The third-order valence-corrected chi connectivity index (χ3v) is 3.32. The van der Waals surface area contributed by atoms with E-state index in [1.54, 1.807) is 0 Å². The van der Waals surface area contributed by atoms with Gasteiger partial charge in [-0.05, 0) is 6.92 Å². The second-order valence-electron chi connectivity index (χ2n) is 3.30. The van der Waals surface area contributed by atoms with E-state index in [9.17, 15) is 27.9 Å². The molecule has 0 aliphatic carbocycles. The fraction of sp³-hybridized carbons (Fsp3) is 0.571. The first-order valence-electron chi connectivity index (χ1n) is 4.19. The van der Waals surface area contributed by atoms with Crippen molar-refractivity contribution in [3.05, 3.63) is 0 Å². The predicted molar refractivity (Wildman–Crippen MR) is 46.3 cm³/mol. The molecule has 1 fully saturated rings. The van der Waals surface area contributed by atoms with Crippen LogP contribution in [0.5, 0.6) is 0 Å². The molecule has 1 rings (SSSR count). The van der Waals surface area contributed by atoms with E-state index in [2.05, 4.69) is 0 Å². The molecule has 1 heterocycles. The Hall–Kier alpha value is -1.48. The molecule has 8 nitrogen and oxygen atoms in total. The zero-order valence-corrected chi connectivity index (χ0v) is 8.93. The van der Waals surface area contributed by atoms with Crippen LogP contribution in [-0.2, 0) is 24.5 Å². The zero-order chi connectivity index (χ0) is 12.7. The summed E-state index contributed by atoms with van der Waals surface area (Å²) in [6, 6.07) is -1.56. The van der Waals surface area contributed by atoms with E-state index >= 15 is 0 Å². The highest BCUT2D eigenvalue weighted by Crippen LogP contribution is 2.21. The quantitative estimate of drug-likeness (QED) is 0.420. The van der Waals surface area contributed by atoms with Gasteiger partial charge in [0.1, 0.15) is 0 Å². The van der Waals surface area contributed by atoms with Crippen molar-refractivity contribution < 1.29 is 32.5 Å². The number of likely N-dealkylation sites (tertiary alicyclic amines) is 1. The van der Waals surface area contributed by atoms with Gasteiger partial charge in [-0.1, -0.05) is 0 Å². The molecule has 2 unspecified atom stereocenters. The molecule has 2 amide bonds. The third-order valence-electron chi connectivity index (χ3n) is 2.23. The van der Waals surface area contributed by atoms with Gasteiger partial charge in [0.15, 0.2) is 5.25 Å². The predicted octanol–water partition coefficient (Wildman–Crippen LogP) is -2.86. The summed E-state index contributed by atoms with van der Waals surface area (Å²) < 4.78 is 30.1. The number of carbonyl (C=O) groups excluding carboxylic acids is 3. The number of carbonyl (C=O) groups is 3. The van der Waals surface area contributed by atoms with Gasteiger partial charge in [-0.2, -0.15) is 8.42 Å². The SMILES string of the molecule is CC(C(=O)[O-])N1C(=O)CC(S(=O)(=O)O)C1=O. The molecule has 16 heavy (non-hydrogen) atoms. The minimum absolute atomic E-state index is 0.272. The molecule has 1 aliphatic heterocycles. The van der Waals surface area contributed by atoms with Crippen LogP contribution in [0.1, 0.15) is 13.3 Å². The standard InChI is InChI=1S/C7H9NO7S/c1-3(7(11)12)8-5(9)2-4(6(8)10)16(13,14)15/h3-4H,2H2,1H3,(H,11,12)(H,13,14,15)/p-1. The molecule has 90 valence electrons. The number of aliphatic carboxylic acids is 1. The van der Waals surface area contributed by atoms with Gasteiger partial charge < -0.3 is 9.90 Å². The van der Waals surface area contributed by atoms with E-state index < -0.39 is 45.6 Å². The van der Waals surface area contributed by atoms with E-state index in [0.29, 0.717) is 0 Å². The van der Waals surface area contributed by atoms with Gasteiger partial charge in [0.05, 0.1) is 18.4 Å². The Balaban J connectivity index is 3.06. The van der Waals surface area contributed by atoms with Crippen LogP contribution in [0.3, 0.4) is 0 Å². The van der Waals surface area contributed by atoms with E-state index in [0.717, 1.165) is 6.92 Å². The molecule has 2 atom stereocenters. The number of hydrogen-bond acceptors (Lipinski definition) is 6. The van der Waals surface area contributed by atoms with E-state index in [-0.39, 0.29) is 4.90 Å². The summed E-state index contributed by atoms with van der Waals surface area (Å²) in [7, 11) is -4.70. The summed E-state index contributed by atoms with van der Waals surface area (Å²) in [5.41, 5.74) is 0. The van der Waals surface area contributed by atoms with E-state index in [4.69, 9.17) is 4.55 Å². The molecule has 1 N–H and O–H groups in total. The highest BCUT2D eigenvalue weighted by atomic mass is 32.2. The molecule has 0 spiro atoms. The fourth-order valence-corrected chi connectivity index (χ4v) is 2.09. The largest absolute Gasteiger partial charge is 0.548 e. The molecule has 1 saturated heterocycles. The Morgan fingerprint density at radius 1 is 1.56 bits per heavy atom. The molecule has 1 aliphatic rings. The average Bonchev–Trinajstić information content (AvgIpc) is 2.40. The van der Waals surface area contributed by atoms with Crippen LogP contribution in [0.15, 0.2) is 0 Å². The maximum atomic E-state index is 11.4. The number of carboxylic acids is 1. The Morgan fingerprint density at radius 3 is 2.38 bits per heavy atom. The third kappa shape index (κ3) is 2.04. The van der Waals surface area contributed by atoms with Crippen LogP contribution in [-0.4, -0.2) is 46.9 Å². The van der Waals surface area contributed by atoms with Crippen molar-refractivity contribution in [2.24, 2.45) is 0 Å². The molecular formula is C7H8NO7S-. The van der Waals surface area contributed by atoms with Crippen LogP contribution >= 0.6 is 0 Å². The van der Waals surface area contributed by atoms with E-state index in [1.807, 2.05) is 0 Å². The molecule has 0 bridgehead atoms. The van der Waals surface area contributed by atoms with Crippen LogP contribution in [0.25, 0.3) is 0 Å². The van der Waals surface area contributed by atoms with Crippen LogP contribution < -0.4 is 5.11 Å². The van der Waals surface area contributed by atoms with Crippen molar-refractivity contribution in [3.63, 3.8) is 0 Å². The Kier molecular flexibility index (Phi) is 3.01. The van der Waals surface area contributed by atoms with Crippen LogP contribution in [0.4, 0.5) is 0 Å². The lowest BCUT2D eigenvalue weighted by atomic mass is 10.3. The van der Waals surface area contributed by atoms with Crippen molar-refractivity contribution >= 4 is 27.9 Å². The highest BCUT2D eigenvalue weighted by Gasteiger charge is 2.47. The number of nitrogens with zero attached hydrogens (tertiary/aromatic N) is 1. The Labute approximate surface area is 90.6 Å². The number of carboxylic acid groups (broad SMARTS) is 1. The van der Waals surface area contributed by atoms with Crippen LogP contribution in [0.2, 0.25) is 0 Å². The summed E-state index contributed by atoms with van der Waals surface area (Å²) in [6.45, 7) is 1.01. The van der Waals surface area contributed by atoms with Gasteiger partial charge in [0, 0.05) is 0 Å². The second-order valence-corrected chi connectivity index (χ2v) is 4.90. The molecule has 9 heteroatoms. The molecule has 0 saturated carbocycles. The molecular weight excluding hydrogens is 242 g/mol. The molecule has 0 radical (unpaired) electrons. The Bertz CT molecular complexity index is 453. The first-order valence-corrected chi connectivity index (χ1v) is 5.69. The summed E-state index contributed by atoms with van der Waals surface area (Å²) in [5, 5.41) is 8.55. The Morgan fingerprint density at radius 2 is 2.06 bits per heavy atom. The minimum atomic E-state index is -4.70. The first-order chi connectivity index (χ1) is 7.16. The van der Waals surface area contributed by atoms with E-state index in [1.165, 1.54) is 0 Å². The van der Waals surface area contributed by atoms with Gasteiger partial charge >= 0.3 is 0 Å². The first kappa shape index (κ1) is 12.6. The molecule has 0 aromatic rings. The van der Waals surface area contributed by atoms with Crippen molar-refractivity contribution in [1.29, 1.82) is 0 Å². The topological polar surface area (TPSA) is 132 Å². The number of amides is 2. The van der Waals surface area contributed by atoms with Gasteiger partial charge in [0.25, 0.3) is 16.0 Å². The van der Waals surface area contributed by atoms with Gasteiger partial charge in [0.2, 0.25) is 5.91 Å². The van der Waals surface area contributed by atoms with Crippen molar-refractivity contribution in [2.45, 2.75) is 24.6 Å². The maximum Gasteiger partial charge on any atom is 0.277 e. The monoisotopic (exact) mass is 250 g/mol. The van der Waals surface area contributed by atoms with Gasteiger partial charge in [-0.3, -0.25) is 19.0 Å². The number of imide groups is 1. The van der Waals surface area contributed by atoms with Gasteiger partial charge in [-0.15, -0.1) is 0 Å². The fourth-order valence-electron chi connectivity index (χ4n) is 1.37. The minimum Gasteiger partial charge on any atom is -0.548 e. The van der Waals surface area contributed by atoms with Gasteiger partial charge in [-0.25, -0.2) is 0 Å². The summed E-state index contributed by atoms with van der Waals surface area (Å²) in [6.07, 6.45) is -0.755. The smallest absolute Gasteiger partial charge is 0.277 e. The molecule has 0 aromatic heterocycles. The number of rotatable bonds is 3. The van der Waals surface area contributed by atoms with Crippen molar-refractivity contribution in [2.75, 3.05) is 0 Å². The normalized spacial score (nSPS) is 23.6. The summed E-state index contributed by atoms with van der Waals surface area (Å²) in [5.74, 6) is -3.90. The second kappa shape index (κ2) is 3.83. The molecule has 0 aromatic carbocycles. The lowest BCUT2D eigenvalue weighted by Gasteiger charge is -2.23. The van der Waals surface area contributed by atoms with Crippen molar-refractivity contribution in [3.8, 4) is 0 Å². The maximum absolute atomic E-state index is 11.4.